The van der Waals surface area contributed by atoms with Crippen molar-refractivity contribution in [1.29, 1.82) is 5.26 Å². The molecule has 0 bridgehead atoms. The summed E-state index contributed by atoms with van der Waals surface area (Å²) in [6.45, 7) is 4.84. The molecule has 38 heavy (non-hydrogen) atoms. The van der Waals surface area contributed by atoms with Crippen LogP contribution in [0.5, 0.6) is 11.5 Å². The molecule has 0 fully saturated rings. The maximum atomic E-state index is 13.6. The molecule has 4 aromatic rings. The third-order valence-corrected chi connectivity index (χ3v) is 7.27. The molecule has 10 nitrogen and oxygen atoms in total. The van der Waals surface area contributed by atoms with Crippen LogP contribution in [0.4, 0.5) is 10.6 Å². The Hall–Kier alpha value is -4.05. The Morgan fingerprint density at radius 2 is 1.92 bits per heavy atom. The van der Waals surface area contributed by atoms with Crippen LogP contribution in [0.25, 0.3) is 11.1 Å². The Morgan fingerprint density at radius 1 is 1.13 bits per heavy atom. The molecule has 3 heterocycles. The third-order valence-electron chi connectivity index (χ3n) is 4.82. The largest absolute Gasteiger partial charge is 0.454 e. The van der Waals surface area contributed by atoms with E-state index in [4.69, 9.17) is 21.1 Å². The number of carbonyl (C=O) groups is 1. The molecule has 3 aromatic heterocycles. The van der Waals surface area contributed by atoms with Crippen LogP contribution >= 0.6 is 22.9 Å². The van der Waals surface area contributed by atoms with Crippen LogP contribution in [0.15, 0.2) is 70.8 Å². The topological polar surface area (TPSA) is 135 Å². The Kier molecular flexibility index (Phi) is 7.63. The van der Waals surface area contributed by atoms with Gasteiger partial charge in [0, 0.05) is 28.9 Å². The van der Waals surface area contributed by atoms with E-state index in [1.807, 2.05) is 6.07 Å². The first-order valence-electron chi connectivity index (χ1n) is 10.9. The predicted molar refractivity (Wildman–Crippen MR) is 142 cm³/mol. The first-order valence-corrected chi connectivity index (χ1v) is 13.7. The molecule has 0 spiro atoms. The van der Waals surface area contributed by atoms with Crippen LogP contribution in [-0.4, -0.2) is 35.1 Å². The van der Waals surface area contributed by atoms with Crippen LogP contribution in [0, 0.1) is 11.3 Å². The van der Waals surface area contributed by atoms with Gasteiger partial charge in [-0.3, -0.25) is 4.98 Å². The van der Waals surface area contributed by atoms with Gasteiger partial charge in [0.2, 0.25) is 0 Å². The molecule has 0 atom stereocenters. The number of ether oxygens (including phenoxy) is 2. The lowest BCUT2D eigenvalue weighted by Gasteiger charge is -2.25. The van der Waals surface area contributed by atoms with Gasteiger partial charge in [-0.15, -0.1) is 15.6 Å². The van der Waals surface area contributed by atoms with Crippen molar-refractivity contribution in [1.82, 2.24) is 15.0 Å². The van der Waals surface area contributed by atoms with Crippen molar-refractivity contribution in [2.75, 3.05) is 4.31 Å². The predicted octanol–water partition coefficient (Wildman–Crippen LogP) is 6.05. The second-order valence-electron chi connectivity index (χ2n) is 8.71. The third kappa shape index (κ3) is 5.91. The van der Waals surface area contributed by atoms with Gasteiger partial charge in [0.25, 0.3) is 10.0 Å². The van der Waals surface area contributed by atoms with Gasteiger partial charge in [0.1, 0.15) is 22.6 Å². The van der Waals surface area contributed by atoms with Gasteiger partial charge < -0.3 is 9.47 Å². The van der Waals surface area contributed by atoms with Crippen molar-refractivity contribution in [3.05, 3.63) is 76.6 Å². The van der Waals surface area contributed by atoms with Crippen molar-refractivity contribution in [2.45, 2.75) is 31.3 Å². The number of hydrogen-bond acceptors (Lipinski definition) is 10. The van der Waals surface area contributed by atoms with Crippen LogP contribution in [0.1, 0.15) is 26.3 Å². The molecule has 194 valence electrons. The number of aromatic nitrogens is 3. The molecule has 13 heteroatoms. The average Bonchev–Trinajstić information content (AvgIpc) is 3.38. The lowest BCUT2D eigenvalue weighted by Crippen LogP contribution is -2.41. The number of benzene rings is 1. The Morgan fingerprint density at radius 3 is 2.55 bits per heavy atom. The highest BCUT2D eigenvalue weighted by Gasteiger charge is 2.36. The van der Waals surface area contributed by atoms with Crippen LogP contribution in [-0.2, 0) is 14.8 Å². The molecular weight excluding hydrogens is 550 g/mol. The van der Waals surface area contributed by atoms with E-state index in [-0.39, 0.29) is 32.9 Å². The van der Waals surface area contributed by atoms with E-state index in [0.717, 1.165) is 17.4 Å². The number of nitriles is 1. The minimum atomic E-state index is -4.52. The maximum Gasteiger partial charge on any atom is 0.430 e. The van der Waals surface area contributed by atoms with E-state index < -0.39 is 21.7 Å². The number of halogens is 1. The molecule has 0 saturated heterocycles. The fourth-order valence-corrected chi connectivity index (χ4v) is 5.28. The van der Waals surface area contributed by atoms with Gasteiger partial charge in [0.05, 0.1) is 22.2 Å². The van der Waals surface area contributed by atoms with E-state index in [9.17, 15) is 18.5 Å². The van der Waals surface area contributed by atoms with Crippen molar-refractivity contribution < 1.29 is 22.7 Å². The van der Waals surface area contributed by atoms with Gasteiger partial charge in [0.15, 0.2) is 11.6 Å². The molecule has 0 radical (unpaired) electrons. The number of nitrogens with zero attached hydrogens (tertiary/aromatic N) is 5. The summed E-state index contributed by atoms with van der Waals surface area (Å²) in [5.41, 5.74) is 1.59. The summed E-state index contributed by atoms with van der Waals surface area (Å²) in [6, 6.07) is 10.7. The summed E-state index contributed by atoms with van der Waals surface area (Å²) in [4.78, 5) is 24.7. The second kappa shape index (κ2) is 10.7. The fourth-order valence-electron chi connectivity index (χ4n) is 3.24. The number of anilines is 1. The summed E-state index contributed by atoms with van der Waals surface area (Å²) in [7, 11) is -4.52. The molecule has 1 amide bonds. The van der Waals surface area contributed by atoms with E-state index in [0.29, 0.717) is 15.4 Å². The molecule has 0 aliphatic rings. The monoisotopic (exact) mass is 569 g/mol. The van der Waals surface area contributed by atoms with Crippen molar-refractivity contribution in [3.63, 3.8) is 0 Å². The number of rotatable bonds is 6. The summed E-state index contributed by atoms with van der Waals surface area (Å²) in [5.74, 6) is 0.210. The van der Waals surface area contributed by atoms with Gasteiger partial charge in [-0.25, -0.2) is 23.2 Å². The summed E-state index contributed by atoms with van der Waals surface area (Å²) in [5, 5.41) is 11.4. The zero-order valence-corrected chi connectivity index (χ0v) is 22.7. The molecule has 0 N–H and O–H groups in total. The smallest absolute Gasteiger partial charge is 0.430 e. The summed E-state index contributed by atoms with van der Waals surface area (Å²) >= 11 is 7.19. The van der Waals surface area contributed by atoms with Gasteiger partial charge in [-0.2, -0.15) is 5.26 Å². The minimum Gasteiger partial charge on any atom is -0.454 e. The van der Waals surface area contributed by atoms with Crippen LogP contribution < -0.4 is 9.04 Å². The van der Waals surface area contributed by atoms with Crippen molar-refractivity contribution in [3.8, 4) is 28.7 Å². The van der Waals surface area contributed by atoms with Gasteiger partial charge >= 0.3 is 6.09 Å². The molecular formula is C25H20ClN5O5S2. The van der Waals surface area contributed by atoms with Gasteiger partial charge in [-0.1, -0.05) is 17.7 Å². The van der Waals surface area contributed by atoms with Crippen molar-refractivity contribution in [2.24, 2.45) is 0 Å². The lowest BCUT2D eigenvalue weighted by molar-refractivity contribution is 0.0608. The van der Waals surface area contributed by atoms with E-state index >= 15 is 0 Å². The highest BCUT2D eigenvalue weighted by Crippen LogP contribution is 2.36. The molecule has 0 saturated carbocycles. The van der Waals surface area contributed by atoms with E-state index in [1.54, 1.807) is 51.4 Å². The molecule has 0 unspecified atom stereocenters. The Balaban J connectivity index is 1.73. The highest BCUT2D eigenvalue weighted by molar-refractivity contribution is 7.93. The number of sulfonamides is 1. The number of hydrogen-bond donors (Lipinski definition) is 0. The summed E-state index contributed by atoms with van der Waals surface area (Å²) < 4.78 is 38.9. The molecule has 1 aromatic carbocycles. The zero-order valence-electron chi connectivity index (χ0n) is 20.3. The first-order chi connectivity index (χ1) is 18.0. The minimum absolute atomic E-state index is 0.0678. The Labute approximate surface area is 228 Å². The standard InChI is InChI=1S/C25H20ClN5O5S2/c1-25(2,3)36-24(32)31(23-14-37-15-30-23)38(33,34)18-6-7-20(17(9-18)11-27)35-21-13-29-22(26)10-19(21)16-5-4-8-28-12-16/h4-10,12-15H,1-3H3. The number of amides is 1. The normalized spacial score (nSPS) is 11.4. The summed E-state index contributed by atoms with van der Waals surface area (Å²) in [6.07, 6.45) is 3.49. The maximum absolute atomic E-state index is 13.6. The van der Waals surface area contributed by atoms with E-state index in [1.165, 1.54) is 29.2 Å². The van der Waals surface area contributed by atoms with Gasteiger partial charge in [-0.05, 0) is 51.1 Å². The quantitative estimate of drug-likeness (QED) is 0.254. The SMILES string of the molecule is CC(C)(C)OC(=O)N(c1cscn1)S(=O)(=O)c1ccc(Oc2cnc(Cl)cc2-c2cccnc2)c(C#N)c1. The number of thiazole rings is 1. The average molecular weight is 570 g/mol. The van der Waals surface area contributed by atoms with E-state index in [2.05, 4.69) is 15.0 Å². The highest BCUT2D eigenvalue weighted by atomic mass is 35.5. The fraction of sp³-hybridized carbons (Fsp3) is 0.160. The zero-order chi connectivity index (χ0) is 27.5. The first kappa shape index (κ1) is 27.0. The molecule has 0 aliphatic heterocycles. The van der Waals surface area contributed by atoms with Crippen LogP contribution in [0.2, 0.25) is 5.15 Å². The van der Waals surface area contributed by atoms with Crippen molar-refractivity contribution >= 4 is 44.9 Å². The van der Waals surface area contributed by atoms with Crippen LogP contribution in [0.3, 0.4) is 0 Å². The Bertz CT molecular complexity index is 1620. The number of carbonyl (C=O) groups excluding carboxylic acids is 1. The molecule has 4 rings (SSSR count). The molecule has 0 aliphatic carbocycles. The lowest BCUT2D eigenvalue weighted by atomic mass is 10.1. The number of pyridine rings is 2. The second-order valence-corrected chi connectivity index (χ2v) is 11.6.